The van der Waals surface area contributed by atoms with Gasteiger partial charge in [-0.05, 0) is 21.0 Å². The minimum absolute atomic E-state index is 0.254. The summed E-state index contributed by atoms with van der Waals surface area (Å²) in [6.45, 7) is 0. The molecular formula is C12H13N3O2P2. The van der Waals surface area contributed by atoms with Crippen molar-refractivity contribution in [2.24, 2.45) is 0 Å². The van der Waals surface area contributed by atoms with Crippen LogP contribution in [-0.2, 0) is 11.2 Å². The molecule has 3 atom stereocenters. The van der Waals surface area contributed by atoms with Gasteiger partial charge in [-0.15, -0.1) is 0 Å². The van der Waals surface area contributed by atoms with Gasteiger partial charge >= 0.3 is 5.97 Å². The zero-order valence-corrected chi connectivity index (χ0v) is 12.3. The van der Waals surface area contributed by atoms with Crippen LogP contribution in [0.5, 0.6) is 0 Å². The molecule has 0 saturated heterocycles. The zero-order chi connectivity index (χ0) is 14.0. The summed E-state index contributed by atoms with van der Waals surface area (Å²) in [5.74, 6) is -0.945. The largest absolute Gasteiger partial charge is 0.480 e. The van der Waals surface area contributed by atoms with E-state index in [2.05, 4.69) is 29.9 Å². The lowest BCUT2D eigenvalue weighted by molar-refractivity contribution is -0.138. The summed E-state index contributed by atoms with van der Waals surface area (Å²) in [5.41, 5.74) is 2.11. The lowest BCUT2D eigenvalue weighted by Crippen LogP contribution is -2.32. The molecule has 0 radical (unpaired) electrons. The first kappa shape index (κ1) is 14.0. The van der Waals surface area contributed by atoms with Crippen molar-refractivity contribution in [3.63, 3.8) is 0 Å². The fourth-order valence-electron chi connectivity index (χ4n) is 2.08. The first-order valence-electron chi connectivity index (χ1n) is 5.56. The molecule has 0 bridgehead atoms. The van der Waals surface area contributed by atoms with Crippen LogP contribution in [0.25, 0.3) is 10.9 Å². The van der Waals surface area contributed by atoms with Gasteiger partial charge in [0.2, 0.25) is 0 Å². The highest BCUT2D eigenvalue weighted by Crippen LogP contribution is 2.28. The molecule has 0 aliphatic heterocycles. The first-order valence-corrected chi connectivity index (χ1v) is 6.66. The summed E-state index contributed by atoms with van der Waals surface area (Å²) in [4.78, 5) is 11.1. The number of rotatable bonds is 4. The summed E-state index contributed by atoms with van der Waals surface area (Å²) in [6.07, 6.45) is 0.254. The topological polar surface area (TPSA) is 78.1 Å². The molecule has 1 heterocycles. The van der Waals surface area contributed by atoms with E-state index in [0.717, 1.165) is 16.5 Å². The molecule has 0 spiro atoms. The van der Waals surface area contributed by atoms with Crippen LogP contribution in [0, 0.1) is 11.3 Å². The molecule has 1 aromatic carbocycles. The predicted molar refractivity (Wildman–Crippen MR) is 79.7 cm³/mol. The fourth-order valence-corrected chi connectivity index (χ4v) is 2.78. The molecule has 1 aromatic heterocycles. The van der Waals surface area contributed by atoms with Crippen molar-refractivity contribution in [2.75, 3.05) is 0 Å². The van der Waals surface area contributed by atoms with Crippen LogP contribution in [0.1, 0.15) is 11.3 Å². The maximum atomic E-state index is 11.1. The van der Waals surface area contributed by atoms with Gasteiger partial charge in [0.15, 0.2) is 0 Å². The third kappa shape index (κ3) is 2.48. The minimum Gasteiger partial charge on any atom is -0.480 e. The third-order valence-corrected chi connectivity index (χ3v) is 3.97. The Morgan fingerprint density at radius 2 is 2.21 bits per heavy atom. The Morgan fingerprint density at radius 1 is 1.53 bits per heavy atom. The van der Waals surface area contributed by atoms with E-state index in [1.165, 1.54) is 0 Å². The molecule has 2 rings (SSSR count). The third-order valence-electron chi connectivity index (χ3n) is 3.03. The van der Waals surface area contributed by atoms with Crippen molar-refractivity contribution in [1.82, 2.24) is 9.42 Å². The Balaban J connectivity index is 2.59. The number of carbonyl (C=O) groups is 1. The number of para-hydroxylation sites is 1. The second kappa shape index (κ2) is 5.67. The minimum atomic E-state index is -0.945. The fraction of sp³-hybridized carbons (Fsp3) is 0.167. The van der Waals surface area contributed by atoms with Gasteiger partial charge in [-0.2, -0.15) is 5.26 Å². The quantitative estimate of drug-likeness (QED) is 0.838. The maximum Gasteiger partial charge on any atom is 0.321 e. The van der Waals surface area contributed by atoms with Gasteiger partial charge in [-0.1, -0.05) is 27.6 Å². The molecule has 0 aliphatic carbocycles. The molecule has 2 N–H and O–H groups in total. The first-order chi connectivity index (χ1) is 9.10. The summed E-state index contributed by atoms with van der Waals surface area (Å²) >= 11 is 0. The van der Waals surface area contributed by atoms with Crippen molar-refractivity contribution in [3.8, 4) is 6.07 Å². The summed E-state index contributed by atoms with van der Waals surface area (Å²) in [6, 6.07) is 8.95. The van der Waals surface area contributed by atoms with Crippen LogP contribution < -0.4 is 5.09 Å². The Morgan fingerprint density at radius 3 is 2.79 bits per heavy atom. The maximum absolute atomic E-state index is 11.1. The highest BCUT2D eigenvalue weighted by molar-refractivity contribution is 7.15. The number of nitriles is 1. The molecule has 19 heavy (non-hydrogen) atoms. The highest BCUT2D eigenvalue weighted by atomic mass is 31.0. The van der Waals surface area contributed by atoms with Crippen LogP contribution >= 0.6 is 18.8 Å². The second-order valence-corrected chi connectivity index (χ2v) is 4.94. The van der Waals surface area contributed by atoms with Crippen LogP contribution in [0.15, 0.2) is 24.3 Å². The molecular weight excluding hydrogens is 280 g/mol. The molecule has 2 aromatic rings. The van der Waals surface area contributed by atoms with E-state index < -0.39 is 12.0 Å². The van der Waals surface area contributed by atoms with E-state index >= 15 is 0 Å². The number of carboxylic acids is 1. The summed E-state index contributed by atoms with van der Waals surface area (Å²) in [7, 11) is 4.70. The van der Waals surface area contributed by atoms with Crippen molar-refractivity contribution in [1.29, 1.82) is 5.26 Å². The van der Waals surface area contributed by atoms with Gasteiger partial charge < -0.3 is 9.44 Å². The molecule has 0 amide bonds. The molecule has 0 fully saturated rings. The number of aliphatic carboxylic acids is 1. The molecule has 5 nitrogen and oxygen atoms in total. The van der Waals surface area contributed by atoms with E-state index in [1.807, 2.05) is 24.3 Å². The van der Waals surface area contributed by atoms with Gasteiger partial charge in [0, 0.05) is 11.8 Å². The number of hydrogen-bond acceptors (Lipinski definition) is 3. The molecule has 0 saturated carbocycles. The van der Waals surface area contributed by atoms with Gasteiger partial charge in [-0.3, -0.25) is 9.88 Å². The molecule has 2 unspecified atom stereocenters. The van der Waals surface area contributed by atoms with Crippen LogP contribution in [0.3, 0.4) is 0 Å². The lowest BCUT2D eigenvalue weighted by atomic mass is 10.0. The lowest BCUT2D eigenvalue weighted by Gasteiger charge is -2.10. The summed E-state index contributed by atoms with van der Waals surface area (Å²) < 4.78 is 1.71. The van der Waals surface area contributed by atoms with Crippen molar-refractivity contribution in [2.45, 2.75) is 12.5 Å². The van der Waals surface area contributed by atoms with Gasteiger partial charge in [0.25, 0.3) is 0 Å². The standard InChI is InChI=1S/C12H13N3O2P2/c13-6-11-8(5-9(14-18)12(16)17)7-3-1-2-4-10(7)15(11)19/h1-4,9,14H,5,18-19H2,(H,16,17)/t9-/m1/s1. The number of hydrogen-bond donors (Lipinski definition) is 2. The smallest absolute Gasteiger partial charge is 0.321 e. The van der Waals surface area contributed by atoms with Gasteiger partial charge in [0.1, 0.15) is 17.8 Å². The average Bonchev–Trinajstić information content (AvgIpc) is 2.68. The van der Waals surface area contributed by atoms with Crippen molar-refractivity contribution < 1.29 is 9.90 Å². The Labute approximate surface area is 115 Å². The SMILES string of the molecule is N#Cc1c(C[C@@H](NP)C(=O)O)c2ccccc2n1P. The number of aromatic nitrogens is 1. The molecule has 98 valence electrons. The average molecular weight is 293 g/mol. The predicted octanol–water partition coefficient (Wildman–Crippen LogP) is 1.53. The Hall–Kier alpha value is -1.46. The van der Waals surface area contributed by atoms with E-state index in [1.54, 1.807) is 4.34 Å². The van der Waals surface area contributed by atoms with Gasteiger partial charge in [0.05, 0.1) is 5.52 Å². The normalized spacial score (nSPS) is 12.3. The molecule has 7 heteroatoms. The number of fused-ring (bicyclic) bond motifs is 1. The number of benzene rings is 1. The number of nitrogens with zero attached hydrogens (tertiary/aromatic N) is 2. The van der Waals surface area contributed by atoms with Crippen LogP contribution in [0.2, 0.25) is 0 Å². The van der Waals surface area contributed by atoms with E-state index in [-0.39, 0.29) is 6.42 Å². The Kier molecular flexibility index (Phi) is 4.17. The van der Waals surface area contributed by atoms with Crippen LogP contribution in [-0.4, -0.2) is 21.5 Å². The zero-order valence-electron chi connectivity index (χ0n) is 10.00. The second-order valence-electron chi connectivity index (χ2n) is 4.09. The van der Waals surface area contributed by atoms with Gasteiger partial charge in [-0.25, -0.2) is 0 Å². The highest BCUT2D eigenvalue weighted by Gasteiger charge is 2.22. The van der Waals surface area contributed by atoms with Crippen molar-refractivity contribution >= 4 is 35.7 Å². The number of nitrogens with one attached hydrogen (secondary N) is 1. The van der Waals surface area contributed by atoms with E-state index in [4.69, 9.17) is 5.11 Å². The monoisotopic (exact) mass is 293 g/mol. The summed E-state index contributed by atoms with van der Waals surface area (Å²) in [5, 5.41) is 21.9. The van der Waals surface area contributed by atoms with E-state index in [9.17, 15) is 10.1 Å². The Bertz CT molecular complexity index is 675. The van der Waals surface area contributed by atoms with Crippen LogP contribution in [0.4, 0.5) is 0 Å². The van der Waals surface area contributed by atoms with Crippen molar-refractivity contribution in [3.05, 3.63) is 35.5 Å². The van der Waals surface area contributed by atoms with E-state index in [0.29, 0.717) is 5.69 Å². The molecule has 0 aliphatic rings. The number of carboxylic acid groups (broad SMARTS) is 1.